The molecular weight excluding hydrogens is 338 g/mol. The van der Waals surface area contributed by atoms with Gasteiger partial charge >= 0.3 is 0 Å². The summed E-state index contributed by atoms with van der Waals surface area (Å²) in [4.78, 5) is 4.73. The van der Waals surface area contributed by atoms with Crippen LogP contribution in [0.3, 0.4) is 0 Å². The van der Waals surface area contributed by atoms with Crippen LogP contribution in [-0.4, -0.2) is 10.1 Å². The second-order valence-electron chi connectivity index (χ2n) is 6.25. The number of para-hydroxylation sites is 1. The molecule has 0 fully saturated rings. The van der Waals surface area contributed by atoms with Gasteiger partial charge in [-0.05, 0) is 40.8 Å². The molecule has 0 atom stereocenters. The Bertz CT molecular complexity index is 1240. The van der Waals surface area contributed by atoms with Crippen molar-refractivity contribution in [1.82, 2.24) is 4.98 Å². The van der Waals surface area contributed by atoms with Crippen LogP contribution in [-0.2, 0) is 0 Å². The minimum atomic E-state index is 0.266. The highest BCUT2D eigenvalue weighted by Gasteiger charge is 2.12. The van der Waals surface area contributed by atoms with Crippen molar-refractivity contribution in [2.24, 2.45) is 0 Å². The topological polar surface area (TPSA) is 33.1 Å². The smallest absolute Gasteiger partial charge is 0.128 e. The summed E-state index contributed by atoms with van der Waals surface area (Å²) in [6.07, 6.45) is 0. The lowest BCUT2D eigenvalue weighted by Gasteiger charge is -2.04. The van der Waals surface area contributed by atoms with Crippen molar-refractivity contribution in [3.8, 4) is 27.4 Å². The predicted molar refractivity (Wildman–Crippen MR) is 110 cm³/mol. The first-order chi connectivity index (χ1) is 12.8. The molecule has 1 heterocycles. The largest absolute Gasteiger partial charge is 0.507 e. The molecule has 5 aromatic rings. The summed E-state index contributed by atoms with van der Waals surface area (Å²) < 4.78 is 1.15. The number of aromatic hydroxyl groups is 1. The van der Waals surface area contributed by atoms with Crippen LogP contribution in [0.4, 0.5) is 0 Å². The molecule has 0 spiro atoms. The van der Waals surface area contributed by atoms with Gasteiger partial charge in [-0.3, -0.25) is 0 Å². The van der Waals surface area contributed by atoms with Crippen molar-refractivity contribution in [2.45, 2.75) is 0 Å². The molecule has 2 nitrogen and oxygen atoms in total. The summed E-state index contributed by atoms with van der Waals surface area (Å²) in [5, 5.41) is 13.4. The molecule has 0 aliphatic rings. The highest BCUT2D eigenvalue weighted by atomic mass is 32.1. The minimum Gasteiger partial charge on any atom is -0.507 e. The number of phenols is 1. The molecule has 0 saturated carbocycles. The molecule has 1 aromatic heterocycles. The van der Waals surface area contributed by atoms with E-state index < -0.39 is 0 Å². The van der Waals surface area contributed by atoms with Crippen LogP contribution < -0.4 is 0 Å². The number of nitrogens with zero attached hydrogens (tertiary/aromatic N) is 1. The van der Waals surface area contributed by atoms with Crippen molar-refractivity contribution in [1.29, 1.82) is 0 Å². The Morgan fingerprint density at radius 2 is 1.54 bits per heavy atom. The van der Waals surface area contributed by atoms with E-state index in [4.69, 9.17) is 4.98 Å². The molecule has 3 heteroatoms. The summed E-state index contributed by atoms with van der Waals surface area (Å²) in [5.74, 6) is 0.266. The van der Waals surface area contributed by atoms with E-state index in [0.717, 1.165) is 20.8 Å². The number of hydrogen-bond acceptors (Lipinski definition) is 3. The van der Waals surface area contributed by atoms with Crippen LogP contribution >= 0.6 is 11.3 Å². The number of thiazole rings is 1. The van der Waals surface area contributed by atoms with Crippen molar-refractivity contribution in [3.63, 3.8) is 0 Å². The molecule has 4 aromatic carbocycles. The van der Waals surface area contributed by atoms with Crippen molar-refractivity contribution in [3.05, 3.63) is 84.9 Å². The molecule has 0 bridgehead atoms. The number of benzene rings is 4. The third-order valence-electron chi connectivity index (χ3n) is 4.61. The zero-order chi connectivity index (χ0) is 17.5. The Morgan fingerprint density at radius 3 is 2.38 bits per heavy atom. The standard InChI is InChI=1S/C23H15NOS/c25-21-9-5-4-8-19(21)23-24-20-13-11-17-14-16(15-6-2-1-3-7-15)10-12-18(17)22(20)26-23/h1-14,25H. The van der Waals surface area contributed by atoms with E-state index in [-0.39, 0.29) is 5.75 Å². The second kappa shape index (κ2) is 5.97. The fraction of sp³-hybridized carbons (Fsp3) is 0. The first kappa shape index (κ1) is 15.1. The molecule has 0 unspecified atom stereocenters. The molecule has 0 aliphatic heterocycles. The van der Waals surface area contributed by atoms with Gasteiger partial charge in [-0.2, -0.15) is 0 Å². The highest BCUT2D eigenvalue weighted by molar-refractivity contribution is 7.22. The monoisotopic (exact) mass is 353 g/mol. The van der Waals surface area contributed by atoms with Crippen LogP contribution in [0.15, 0.2) is 84.9 Å². The van der Waals surface area contributed by atoms with E-state index in [1.54, 1.807) is 17.4 Å². The average Bonchev–Trinajstić information content (AvgIpc) is 3.13. The summed E-state index contributed by atoms with van der Waals surface area (Å²) in [6.45, 7) is 0. The van der Waals surface area contributed by atoms with Crippen LogP contribution in [0.2, 0.25) is 0 Å². The van der Waals surface area contributed by atoms with Gasteiger partial charge in [0.05, 0.1) is 15.8 Å². The Kier molecular flexibility index (Phi) is 3.47. The Morgan fingerprint density at radius 1 is 0.731 bits per heavy atom. The Labute approximate surface area is 155 Å². The lowest BCUT2D eigenvalue weighted by Crippen LogP contribution is -1.79. The molecule has 0 aliphatic carbocycles. The molecule has 124 valence electrons. The number of fused-ring (bicyclic) bond motifs is 3. The lowest BCUT2D eigenvalue weighted by molar-refractivity contribution is 0.477. The maximum atomic E-state index is 10.1. The van der Waals surface area contributed by atoms with Gasteiger partial charge in [0.25, 0.3) is 0 Å². The van der Waals surface area contributed by atoms with Gasteiger partial charge in [-0.25, -0.2) is 4.98 Å². The summed E-state index contributed by atoms with van der Waals surface area (Å²) >= 11 is 1.62. The van der Waals surface area contributed by atoms with Gasteiger partial charge in [0.15, 0.2) is 0 Å². The van der Waals surface area contributed by atoms with Crippen LogP contribution in [0, 0.1) is 0 Å². The summed E-state index contributed by atoms with van der Waals surface area (Å²) in [7, 11) is 0. The van der Waals surface area contributed by atoms with Crippen molar-refractivity contribution < 1.29 is 5.11 Å². The number of aromatic nitrogens is 1. The zero-order valence-corrected chi connectivity index (χ0v) is 14.7. The third kappa shape index (κ3) is 2.45. The van der Waals surface area contributed by atoms with Gasteiger partial charge in [0.2, 0.25) is 0 Å². The first-order valence-corrected chi connectivity index (χ1v) is 9.28. The molecule has 5 rings (SSSR count). The normalized spacial score (nSPS) is 11.2. The maximum Gasteiger partial charge on any atom is 0.128 e. The van der Waals surface area contributed by atoms with Crippen LogP contribution in [0.1, 0.15) is 0 Å². The lowest BCUT2D eigenvalue weighted by atomic mass is 10.0. The Hall–Kier alpha value is -3.17. The summed E-state index contributed by atoms with van der Waals surface area (Å²) in [6, 6.07) is 28.5. The number of hydrogen-bond donors (Lipinski definition) is 1. The van der Waals surface area contributed by atoms with E-state index in [1.807, 2.05) is 24.3 Å². The quantitative estimate of drug-likeness (QED) is 0.393. The van der Waals surface area contributed by atoms with E-state index in [1.165, 1.54) is 21.9 Å². The molecule has 1 N–H and O–H groups in total. The fourth-order valence-corrected chi connectivity index (χ4v) is 4.43. The van der Waals surface area contributed by atoms with Gasteiger partial charge in [-0.15, -0.1) is 11.3 Å². The second-order valence-corrected chi connectivity index (χ2v) is 7.25. The average molecular weight is 353 g/mol. The SMILES string of the molecule is Oc1ccccc1-c1nc2ccc3cc(-c4ccccc4)ccc3c2s1. The van der Waals surface area contributed by atoms with Crippen LogP contribution in [0.5, 0.6) is 5.75 Å². The fourth-order valence-electron chi connectivity index (χ4n) is 3.29. The van der Waals surface area contributed by atoms with E-state index >= 15 is 0 Å². The third-order valence-corrected chi connectivity index (χ3v) is 5.75. The van der Waals surface area contributed by atoms with Crippen LogP contribution in [0.25, 0.3) is 42.7 Å². The van der Waals surface area contributed by atoms with E-state index in [2.05, 4.69) is 54.6 Å². The minimum absolute atomic E-state index is 0.266. The van der Waals surface area contributed by atoms with Gasteiger partial charge in [-0.1, -0.05) is 60.7 Å². The van der Waals surface area contributed by atoms with Gasteiger partial charge in [0.1, 0.15) is 10.8 Å². The molecule has 0 radical (unpaired) electrons. The van der Waals surface area contributed by atoms with Crippen molar-refractivity contribution >= 4 is 32.3 Å². The predicted octanol–water partition coefficient (Wildman–Crippen LogP) is 6.49. The van der Waals surface area contributed by atoms with Gasteiger partial charge in [0, 0.05) is 5.39 Å². The molecule has 0 amide bonds. The zero-order valence-electron chi connectivity index (χ0n) is 13.9. The summed E-state index contributed by atoms with van der Waals surface area (Å²) in [5.41, 5.74) is 4.17. The van der Waals surface area contributed by atoms with Gasteiger partial charge < -0.3 is 5.11 Å². The Balaban J connectivity index is 1.69. The van der Waals surface area contributed by atoms with E-state index in [9.17, 15) is 5.11 Å². The number of phenolic OH excluding ortho intramolecular Hbond substituents is 1. The molecule has 0 saturated heterocycles. The highest BCUT2D eigenvalue weighted by Crippen LogP contribution is 2.38. The number of rotatable bonds is 2. The first-order valence-electron chi connectivity index (χ1n) is 8.47. The molecular formula is C23H15NOS. The van der Waals surface area contributed by atoms with Crippen molar-refractivity contribution in [2.75, 3.05) is 0 Å². The van der Waals surface area contributed by atoms with E-state index in [0.29, 0.717) is 0 Å². The maximum absolute atomic E-state index is 10.1. The molecule has 26 heavy (non-hydrogen) atoms.